The van der Waals surface area contributed by atoms with Gasteiger partial charge in [-0.2, -0.15) is 13.2 Å². The number of nitrogens with one attached hydrogen (secondary N) is 2. The minimum Gasteiger partial charge on any atom is -0.457 e. The number of nitrogens with zero attached hydrogens (tertiary/aromatic N) is 3. The molecule has 2 aromatic carbocycles. The van der Waals surface area contributed by atoms with Crippen LogP contribution in [0.2, 0.25) is 0 Å². The summed E-state index contributed by atoms with van der Waals surface area (Å²) in [5, 5.41) is 5.95. The number of alkyl halides is 3. The van der Waals surface area contributed by atoms with Crippen molar-refractivity contribution in [2.24, 2.45) is 0 Å². The average Bonchev–Trinajstić information content (AvgIpc) is 2.78. The minimum atomic E-state index is -4.44. The summed E-state index contributed by atoms with van der Waals surface area (Å²) < 4.78 is 44.5. The van der Waals surface area contributed by atoms with E-state index in [9.17, 15) is 18.0 Å². The molecule has 0 unspecified atom stereocenters. The maximum Gasteiger partial charge on any atom is 0.416 e. The van der Waals surface area contributed by atoms with Crippen LogP contribution in [0, 0.1) is 0 Å². The number of benzene rings is 2. The van der Waals surface area contributed by atoms with E-state index < -0.39 is 11.7 Å². The molecule has 10 heteroatoms. The number of hydrogen-bond acceptors (Lipinski definition) is 6. The van der Waals surface area contributed by atoms with Crippen molar-refractivity contribution in [3.8, 4) is 11.5 Å². The third kappa shape index (κ3) is 4.75. The predicted octanol–water partition coefficient (Wildman–Crippen LogP) is 4.94. The largest absolute Gasteiger partial charge is 0.457 e. The number of anilines is 2. The lowest BCUT2D eigenvalue weighted by Crippen LogP contribution is -2.18. The van der Waals surface area contributed by atoms with Crippen molar-refractivity contribution in [3.05, 3.63) is 78.2 Å². The first-order valence-electron chi connectivity index (χ1n) is 9.39. The number of carbonyl (C=O) groups is 1. The standard InChI is InChI=1S/C22H16F3N5O2/c1-26-20(31)19-11-17(7-8-27-19)32-16-5-6-18-13(9-16)12-28-21(30-18)29-15-4-2-3-14(10-15)22(23,24)25/h2-12H,1H3,(H,26,31)(H,28,29,30). The van der Waals surface area contributed by atoms with Gasteiger partial charge in [-0.05, 0) is 42.5 Å². The molecule has 0 aliphatic carbocycles. The Morgan fingerprint density at radius 3 is 2.59 bits per heavy atom. The van der Waals surface area contributed by atoms with Gasteiger partial charge in [-0.1, -0.05) is 6.07 Å². The van der Waals surface area contributed by atoms with Gasteiger partial charge in [0.2, 0.25) is 5.95 Å². The summed E-state index contributed by atoms with van der Waals surface area (Å²) in [6, 6.07) is 13.0. The van der Waals surface area contributed by atoms with E-state index in [2.05, 4.69) is 25.6 Å². The van der Waals surface area contributed by atoms with Crippen LogP contribution in [-0.4, -0.2) is 27.9 Å². The van der Waals surface area contributed by atoms with Gasteiger partial charge in [-0.3, -0.25) is 9.78 Å². The van der Waals surface area contributed by atoms with Crippen LogP contribution in [0.5, 0.6) is 11.5 Å². The minimum absolute atomic E-state index is 0.162. The highest BCUT2D eigenvalue weighted by molar-refractivity contribution is 5.92. The van der Waals surface area contributed by atoms with Crippen LogP contribution in [0.1, 0.15) is 16.1 Å². The van der Waals surface area contributed by atoms with Crippen molar-refractivity contribution >= 4 is 28.4 Å². The van der Waals surface area contributed by atoms with E-state index in [0.29, 0.717) is 22.4 Å². The van der Waals surface area contributed by atoms with Crippen molar-refractivity contribution in [2.75, 3.05) is 12.4 Å². The number of hydrogen-bond donors (Lipinski definition) is 2. The molecule has 0 bridgehead atoms. The number of rotatable bonds is 5. The third-order valence-corrected chi connectivity index (χ3v) is 4.42. The molecular formula is C22H16F3N5O2. The first kappa shape index (κ1) is 21.0. The number of halogens is 3. The lowest BCUT2D eigenvalue weighted by Gasteiger charge is -2.10. The summed E-state index contributed by atoms with van der Waals surface area (Å²) in [4.78, 5) is 24.2. The Hall–Kier alpha value is -4.21. The summed E-state index contributed by atoms with van der Waals surface area (Å²) in [6.45, 7) is 0. The van der Waals surface area contributed by atoms with Crippen LogP contribution in [0.3, 0.4) is 0 Å². The summed E-state index contributed by atoms with van der Waals surface area (Å²) in [7, 11) is 1.51. The number of ether oxygens (including phenoxy) is 1. The van der Waals surface area contributed by atoms with Gasteiger partial charge in [0.05, 0.1) is 11.1 Å². The SMILES string of the molecule is CNC(=O)c1cc(Oc2ccc3nc(Nc4cccc(C(F)(F)F)c4)ncc3c2)ccn1. The van der Waals surface area contributed by atoms with Gasteiger partial charge in [0, 0.05) is 36.6 Å². The van der Waals surface area contributed by atoms with Gasteiger partial charge in [-0.25, -0.2) is 9.97 Å². The molecule has 0 aliphatic heterocycles. The van der Waals surface area contributed by atoms with Gasteiger partial charge in [-0.15, -0.1) is 0 Å². The normalized spacial score (nSPS) is 11.2. The molecule has 162 valence electrons. The van der Waals surface area contributed by atoms with Crippen molar-refractivity contribution in [1.82, 2.24) is 20.3 Å². The second-order valence-electron chi connectivity index (χ2n) is 6.68. The Balaban J connectivity index is 1.53. The molecule has 0 radical (unpaired) electrons. The fraction of sp³-hybridized carbons (Fsp3) is 0.0909. The van der Waals surface area contributed by atoms with Crippen LogP contribution < -0.4 is 15.4 Å². The van der Waals surface area contributed by atoms with E-state index in [1.54, 1.807) is 24.3 Å². The molecule has 0 atom stereocenters. The fourth-order valence-electron chi connectivity index (χ4n) is 2.90. The Morgan fingerprint density at radius 2 is 1.81 bits per heavy atom. The Bertz CT molecular complexity index is 1290. The van der Waals surface area contributed by atoms with Crippen molar-refractivity contribution in [2.45, 2.75) is 6.18 Å². The summed E-state index contributed by atoms with van der Waals surface area (Å²) >= 11 is 0. The molecule has 32 heavy (non-hydrogen) atoms. The third-order valence-electron chi connectivity index (χ3n) is 4.42. The maximum atomic E-state index is 12.9. The van der Waals surface area contributed by atoms with Crippen molar-refractivity contribution < 1.29 is 22.7 Å². The maximum absolute atomic E-state index is 12.9. The molecule has 2 aromatic heterocycles. The molecule has 0 fully saturated rings. The second kappa shape index (κ2) is 8.50. The Kier molecular flexibility index (Phi) is 5.59. The molecule has 2 heterocycles. The molecular weight excluding hydrogens is 423 g/mol. The van der Waals surface area contributed by atoms with Crippen LogP contribution in [0.15, 0.2) is 67.0 Å². The second-order valence-corrected chi connectivity index (χ2v) is 6.68. The zero-order chi connectivity index (χ0) is 22.7. The lowest BCUT2D eigenvalue weighted by atomic mass is 10.2. The molecule has 7 nitrogen and oxygen atoms in total. The van der Waals surface area contributed by atoms with Gasteiger partial charge in [0.1, 0.15) is 17.2 Å². The molecule has 1 amide bonds. The molecule has 2 N–H and O–H groups in total. The number of fused-ring (bicyclic) bond motifs is 1. The number of carbonyl (C=O) groups excluding carboxylic acids is 1. The van der Waals surface area contributed by atoms with Crippen molar-refractivity contribution in [3.63, 3.8) is 0 Å². The van der Waals surface area contributed by atoms with Gasteiger partial charge in [0.15, 0.2) is 0 Å². The summed E-state index contributed by atoms with van der Waals surface area (Å²) in [5.74, 6) is 0.758. The smallest absolute Gasteiger partial charge is 0.416 e. The number of pyridine rings is 1. The van der Waals surface area contributed by atoms with E-state index in [4.69, 9.17) is 4.74 Å². The summed E-state index contributed by atoms with van der Waals surface area (Å²) in [5.41, 5.74) is 0.256. The average molecular weight is 439 g/mol. The van der Waals surface area contributed by atoms with Crippen LogP contribution >= 0.6 is 0 Å². The highest BCUT2D eigenvalue weighted by Crippen LogP contribution is 2.31. The van der Waals surface area contributed by atoms with E-state index >= 15 is 0 Å². The first-order valence-corrected chi connectivity index (χ1v) is 9.39. The Morgan fingerprint density at radius 1 is 1.00 bits per heavy atom. The zero-order valence-electron chi connectivity index (χ0n) is 16.6. The molecule has 4 rings (SSSR count). The highest BCUT2D eigenvalue weighted by atomic mass is 19.4. The topological polar surface area (TPSA) is 89.0 Å². The van der Waals surface area contributed by atoms with Crippen LogP contribution in [0.25, 0.3) is 10.9 Å². The van der Waals surface area contributed by atoms with Crippen molar-refractivity contribution in [1.29, 1.82) is 0 Å². The molecule has 0 spiro atoms. The van der Waals surface area contributed by atoms with Crippen LogP contribution in [0.4, 0.5) is 24.8 Å². The summed E-state index contributed by atoms with van der Waals surface area (Å²) in [6.07, 6.45) is -1.43. The van der Waals surface area contributed by atoms with Gasteiger partial charge >= 0.3 is 6.18 Å². The number of amides is 1. The predicted molar refractivity (Wildman–Crippen MR) is 112 cm³/mol. The van der Waals surface area contributed by atoms with Crippen LogP contribution in [-0.2, 0) is 6.18 Å². The monoisotopic (exact) mass is 439 g/mol. The molecule has 0 aliphatic rings. The number of aromatic nitrogens is 3. The fourth-order valence-corrected chi connectivity index (χ4v) is 2.90. The molecule has 4 aromatic rings. The van der Waals surface area contributed by atoms with E-state index in [1.807, 2.05) is 0 Å². The Labute approximate surface area is 180 Å². The lowest BCUT2D eigenvalue weighted by molar-refractivity contribution is -0.137. The van der Waals surface area contributed by atoms with E-state index in [0.717, 1.165) is 12.1 Å². The molecule has 0 saturated carbocycles. The zero-order valence-corrected chi connectivity index (χ0v) is 16.6. The van der Waals surface area contributed by atoms with Gasteiger partial charge in [0.25, 0.3) is 5.91 Å². The molecule has 0 saturated heterocycles. The van der Waals surface area contributed by atoms with Gasteiger partial charge < -0.3 is 15.4 Å². The quantitative estimate of drug-likeness (QED) is 0.458. The highest BCUT2D eigenvalue weighted by Gasteiger charge is 2.30. The first-order chi connectivity index (χ1) is 15.3. The van der Waals surface area contributed by atoms with E-state index in [1.165, 1.54) is 37.6 Å². The van der Waals surface area contributed by atoms with E-state index in [-0.39, 0.29) is 23.2 Å².